The largest absolute Gasteiger partial charge is 0.495 e. The molecule has 0 amide bonds. The first kappa shape index (κ1) is 16.5. The van der Waals surface area contributed by atoms with Gasteiger partial charge in [-0.1, -0.05) is 31.4 Å². The van der Waals surface area contributed by atoms with Gasteiger partial charge in [0.05, 0.1) is 29.8 Å². The number of hydrogen-bond donors (Lipinski definition) is 0. The van der Waals surface area contributed by atoms with Crippen LogP contribution in [0.5, 0.6) is 5.75 Å². The lowest BCUT2D eigenvalue weighted by atomic mass is 9.89. The summed E-state index contributed by atoms with van der Waals surface area (Å²) in [6, 6.07) is 6.14. The summed E-state index contributed by atoms with van der Waals surface area (Å²) in [6.45, 7) is 1.01. The van der Waals surface area contributed by atoms with E-state index < -0.39 is 0 Å². The number of methoxy groups -OCH3 is 1. The van der Waals surface area contributed by atoms with Crippen LogP contribution in [-0.2, 0) is 12.4 Å². The zero-order chi connectivity index (χ0) is 17.2. The lowest BCUT2D eigenvalue weighted by Crippen LogP contribution is -2.13. The Labute approximate surface area is 152 Å². The molecule has 1 saturated carbocycles. The van der Waals surface area contributed by atoms with Gasteiger partial charge in [0.15, 0.2) is 0 Å². The van der Waals surface area contributed by atoms with E-state index in [0.717, 1.165) is 40.4 Å². The quantitative estimate of drug-likeness (QED) is 0.555. The molecule has 1 aromatic carbocycles. The maximum Gasteiger partial charge on any atom is 0.228 e. The third kappa shape index (κ3) is 3.15. The topological polar surface area (TPSA) is 40.2 Å². The molecule has 1 aliphatic rings. The average Bonchev–Trinajstić information content (AvgIpc) is 3.27. The fourth-order valence-electron chi connectivity index (χ4n) is 3.94. The number of aromatic nitrogens is 2. The number of alkyl halides is 1. The van der Waals surface area contributed by atoms with Gasteiger partial charge in [0, 0.05) is 18.1 Å². The molecular weight excluding hydrogens is 336 g/mol. The van der Waals surface area contributed by atoms with E-state index in [9.17, 15) is 0 Å². The summed E-state index contributed by atoms with van der Waals surface area (Å²) in [7, 11) is 1.73. The number of oxazole rings is 1. The molecule has 3 aromatic rings. The zero-order valence-corrected chi connectivity index (χ0v) is 15.3. The Bertz CT molecular complexity index is 862. The second-order valence-electron chi connectivity index (χ2n) is 6.83. The van der Waals surface area contributed by atoms with Crippen LogP contribution in [-0.4, -0.2) is 16.7 Å². The van der Waals surface area contributed by atoms with Gasteiger partial charge < -0.3 is 13.7 Å². The summed E-state index contributed by atoms with van der Waals surface area (Å²) in [5.74, 6) is 2.60. The van der Waals surface area contributed by atoms with Crippen molar-refractivity contribution >= 4 is 22.5 Å². The maximum atomic E-state index is 5.88. The molecule has 0 radical (unpaired) electrons. The van der Waals surface area contributed by atoms with Crippen molar-refractivity contribution in [2.75, 3.05) is 7.11 Å². The van der Waals surface area contributed by atoms with Gasteiger partial charge in [0.2, 0.25) is 5.89 Å². The number of ether oxygens (including phenoxy) is 1. The normalized spacial score (nSPS) is 15.8. The fraction of sp³-hybridized carbons (Fsp3) is 0.450. The van der Waals surface area contributed by atoms with Crippen molar-refractivity contribution in [1.82, 2.24) is 9.55 Å². The predicted molar refractivity (Wildman–Crippen MR) is 100 cm³/mol. The van der Waals surface area contributed by atoms with E-state index in [0.29, 0.717) is 11.8 Å². The SMILES string of the molecule is COc1cccc2c(-c3nc(CCl)co3)cn(CC3CCCCC3)c12. The number of halogens is 1. The molecule has 0 saturated heterocycles. The van der Waals surface area contributed by atoms with Crippen molar-refractivity contribution in [2.24, 2.45) is 5.92 Å². The van der Waals surface area contributed by atoms with E-state index in [1.165, 1.54) is 32.1 Å². The summed E-state index contributed by atoms with van der Waals surface area (Å²) >= 11 is 5.88. The molecule has 132 valence electrons. The van der Waals surface area contributed by atoms with Crippen LogP contribution in [0.4, 0.5) is 0 Å². The number of fused-ring (bicyclic) bond motifs is 1. The number of hydrogen-bond acceptors (Lipinski definition) is 3. The Morgan fingerprint density at radius 3 is 2.84 bits per heavy atom. The molecule has 0 N–H and O–H groups in total. The van der Waals surface area contributed by atoms with Gasteiger partial charge in [-0.15, -0.1) is 11.6 Å². The number of benzene rings is 1. The van der Waals surface area contributed by atoms with Crippen molar-refractivity contribution in [3.8, 4) is 17.2 Å². The third-order valence-corrected chi connectivity index (χ3v) is 5.45. The summed E-state index contributed by atoms with van der Waals surface area (Å²) < 4.78 is 13.6. The molecule has 0 atom stereocenters. The molecule has 4 nitrogen and oxygen atoms in total. The van der Waals surface area contributed by atoms with E-state index in [2.05, 4.69) is 21.8 Å². The Hall–Kier alpha value is -1.94. The van der Waals surface area contributed by atoms with Crippen LogP contribution in [0.25, 0.3) is 22.4 Å². The third-order valence-electron chi connectivity index (χ3n) is 5.18. The van der Waals surface area contributed by atoms with Crippen molar-refractivity contribution in [2.45, 2.75) is 44.5 Å². The van der Waals surface area contributed by atoms with E-state index in [-0.39, 0.29) is 0 Å². The molecule has 0 spiro atoms. The molecule has 0 unspecified atom stereocenters. The summed E-state index contributed by atoms with van der Waals surface area (Å²) in [5, 5.41) is 1.11. The Morgan fingerprint density at radius 2 is 2.12 bits per heavy atom. The first-order valence-electron chi connectivity index (χ1n) is 8.96. The van der Waals surface area contributed by atoms with E-state index in [4.69, 9.17) is 20.8 Å². The average molecular weight is 359 g/mol. The van der Waals surface area contributed by atoms with Crippen molar-refractivity contribution < 1.29 is 9.15 Å². The predicted octanol–water partition coefficient (Wildman–Crippen LogP) is 5.62. The highest BCUT2D eigenvalue weighted by atomic mass is 35.5. The van der Waals surface area contributed by atoms with Gasteiger partial charge in [-0.2, -0.15) is 0 Å². The van der Waals surface area contributed by atoms with Crippen LogP contribution in [0.2, 0.25) is 0 Å². The van der Waals surface area contributed by atoms with Crippen molar-refractivity contribution in [3.05, 3.63) is 36.4 Å². The van der Waals surface area contributed by atoms with Gasteiger partial charge in [0.1, 0.15) is 12.0 Å². The lowest BCUT2D eigenvalue weighted by molar-refractivity contribution is 0.321. The van der Waals surface area contributed by atoms with E-state index >= 15 is 0 Å². The first-order valence-corrected chi connectivity index (χ1v) is 9.50. The van der Waals surface area contributed by atoms with Crippen molar-refractivity contribution in [1.29, 1.82) is 0 Å². The second kappa shape index (κ2) is 7.12. The van der Waals surface area contributed by atoms with Gasteiger partial charge in [0.25, 0.3) is 0 Å². The molecule has 25 heavy (non-hydrogen) atoms. The molecule has 4 rings (SSSR count). The molecule has 2 heterocycles. The highest BCUT2D eigenvalue weighted by Gasteiger charge is 2.20. The van der Waals surface area contributed by atoms with Crippen LogP contribution < -0.4 is 4.74 Å². The summed E-state index contributed by atoms with van der Waals surface area (Å²) in [4.78, 5) is 4.51. The summed E-state index contributed by atoms with van der Waals surface area (Å²) in [6.07, 6.45) is 10.5. The van der Waals surface area contributed by atoms with Gasteiger partial charge >= 0.3 is 0 Å². The van der Waals surface area contributed by atoms with Crippen LogP contribution in [0.3, 0.4) is 0 Å². The molecule has 1 aliphatic carbocycles. The molecule has 0 aliphatic heterocycles. The molecule has 0 bridgehead atoms. The van der Waals surface area contributed by atoms with Crippen LogP contribution in [0.15, 0.2) is 35.1 Å². The highest BCUT2D eigenvalue weighted by molar-refractivity contribution is 6.16. The molecular formula is C20H23ClN2O2. The first-order chi connectivity index (χ1) is 12.3. The highest BCUT2D eigenvalue weighted by Crippen LogP contribution is 2.37. The van der Waals surface area contributed by atoms with E-state index in [1.807, 2.05) is 12.1 Å². The van der Waals surface area contributed by atoms with Crippen LogP contribution in [0.1, 0.15) is 37.8 Å². The van der Waals surface area contributed by atoms with Crippen LogP contribution >= 0.6 is 11.6 Å². The second-order valence-corrected chi connectivity index (χ2v) is 7.10. The zero-order valence-electron chi connectivity index (χ0n) is 14.5. The maximum absolute atomic E-state index is 5.88. The fourth-order valence-corrected chi connectivity index (χ4v) is 4.07. The van der Waals surface area contributed by atoms with E-state index in [1.54, 1.807) is 13.4 Å². The Morgan fingerprint density at radius 1 is 1.28 bits per heavy atom. The van der Waals surface area contributed by atoms with Gasteiger partial charge in [-0.05, 0) is 24.8 Å². The summed E-state index contributed by atoms with van der Waals surface area (Å²) in [5.41, 5.74) is 2.88. The van der Waals surface area contributed by atoms with Crippen LogP contribution in [0, 0.1) is 5.92 Å². The minimum Gasteiger partial charge on any atom is -0.495 e. The number of nitrogens with zero attached hydrogens (tertiary/aromatic N) is 2. The number of rotatable bonds is 5. The molecule has 1 fully saturated rings. The minimum atomic E-state index is 0.355. The monoisotopic (exact) mass is 358 g/mol. The Balaban J connectivity index is 1.80. The lowest BCUT2D eigenvalue weighted by Gasteiger charge is -2.22. The molecule has 2 aromatic heterocycles. The van der Waals surface area contributed by atoms with Gasteiger partial charge in [-0.25, -0.2) is 4.98 Å². The standard InChI is InChI=1S/C20H23ClN2O2/c1-24-18-9-5-8-16-17(20-22-15(10-21)13-25-20)12-23(19(16)18)11-14-6-3-2-4-7-14/h5,8-9,12-14H,2-4,6-7,10-11H2,1H3. The smallest absolute Gasteiger partial charge is 0.228 e. The minimum absolute atomic E-state index is 0.355. The van der Waals surface area contributed by atoms with Gasteiger partial charge in [-0.3, -0.25) is 0 Å². The molecule has 5 heteroatoms. The number of para-hydroxylation sites is 1. The Kier molecular flexibility index (Phi) is 4.71. The van der Waals surface area contributed by atoms with Crippen molar-refractivity contribution in [3.63, 3.8) is 0 Å².